The maximum Gasteiger partial charge on any atom is 0.257 e. The monoisotopic (exact) mass is 351 g/mol. The van der Waals surface area contributed by atoms with E-state index in [1.807, 2.05) is 26.0 Å². The van der Waals surface area contributed by atoms with E-state index in [1.54, 1.807) is 12.1 Å². The number of carbonyl (C=O) groups is 1. The fourth-order valence-corrected chi connectivity index (χ4v) is 2.32. The van der Waals surface area contributed by atoms with E-state index in [-0.39, 0.29) is 10.0 Å². The fourth-order valence-electron chi connectivity index (χ4n) is 1.88. The summed E-state index contributed by atoms with van der Waals surface area (Å²) in [5.41, 5.74) is 1.82. The molecule has 0 aliphatic carbocycles. The van der Waals surface area contributed by atoms with Crippen molar-refractivity contribution in [3.63, 3.8) is 0 Å². The molecule has 0 aliphatic rings. The highest BCUT2D eigenvalue weighted by molar-refractivity contribution is 9.10. The molecule has 0 saturated carbocycles. The molecule has 0 unspecified atom stereocenters. The first-order valence-electron chi connectivity index (χ1n) is 6.51. The van der Waals surface area contributed by atoms with Crippen LogP contribution in [0.2, 0.25) is 0 Å². The zero-order valence-corrected chi connectivity index (χ0v) is 13.3. The van der Waals surface area contributed by atoms with Gasteiger partial charge in [0.2, 0.25) is 0 Å². The van der Waals surface area contributed by atoms with Crippen LogP contribution in [0.1, 0.15) is 22.8 Å². The largest absolute Gasteiger partial charge is 0.492 e. The quantitative estimate of drug-likeness (QED) is 0.877. The Morgan fingerprint density at radius 3 is 2.81 bits per heavy atom. The third kappa shape index (κ3) is 3.61. The van der Waals surface area contributed by atoms with Crippen molar-refractivity contribution in [3.8, 4) is 5.75 Å². The van der Waals surface area contributed by atoms with Gasteiger partial charge in [0, 0.05) is 0 Å². The first kappa shape index (κ1) is 15.5. The van der Waals surface area contributed by atoms with Crippen molar-refractivity contribution in [1.29, 1.82) is 0 Å². The van der Waals surface area contributed by atoms with E-state index in [4.69, 9.17) is 4.74 Å². The van der Waals surface area contributed by atoms with Crippen LogP contribution in [0.4, 0.5) is 10.1 Å². The molecule has 0 heterocycles. The lowest BCUT2D eigenvalue weighted by molar-refractivity contribution is 0.102. The Morgan fingerprint density at radius 2 is 2.10 bits per heavy atom. The average molecular weight is 352 g/mol. The molecule has 0 saturated heterocycles. The van der Waals surface area contributed by atoms with E-state index in [1.165, 1.54) is 12.1 Å². The highest BCUT2D eigenvalue weighted by Gasteiger charge is 2.15. The molecule has 0 atom stereocenters. The van der Waals surface area contributed by atoms with Crippen LogP contribution in [0, 0.1) is 12.7 Å². The molecular formula is C16H15BrFNO2. The van der Waals surface area contributed by atoms with Gasteiger partial charge in [-0.25, -0.2) is 4.39 Å². The van der Waals surface area contributed by atoms with Crippen LogP contribution in [0.3, 0.4) is 0 Å². The molecule has 1 N–H and O–H groups in total. The smallest absolute Gasteiger partial charge is 0.257 e. The van der Waals surface area contributed by atoms with E-state index < -0.39 is 11.7 Å². The molecule has 0 fully saturated rings. The number of rotatable bonds is 4. The Kier molecular flexibility index (Phi) is 4.96. The molecule has 2 aromatic carbocycles. The second-order valence-electron chi connectivity index (χ2n) is 4.49. The topological polar surface area (TPSA) is 38.3 Å². The lowest BCUT2D eigenvalue weighted by Gasteiger charge is -2.13. The third-order valence-corrected chi connectivity index (χ3v) is 3.69. The Balaban J connectivity index is 2.29. The van der Waals surface area contributed by atoms with Crippen LogP contribution in [-0.4, -0.2) is 12.5 Å². The number of carbonyl (C=O) groups excluding carboxylic acids is 1. The Morgan fingerprint density at radius 1 is 1.33 bits per heavy atom. The van der Waals surface area contributed by atoms with E-state index >= 15 is 0 Å². The number of anilines is 1. The van der Waals surface area contributed by atoms with Crippen molar-refractivity contribution in [1.82, 2.24) is 0 Å². The van der Waals surface area contributed by atoms with E-state index in [9.17, 15) is 9.18 Å². The fraction of sp³-hybridized carbons (Fsp3) is 0.188. The van der Waals surface area contributed by atoms with Crippen LogP contribution in [-0.2, 0) is 0 Å². The standard InChI is InChI=1S/C16H15BrFNO2/c1-3-21-14-9-10(2)7-8-13(14)19-16(20)11-5-4-6-12(18)15(11)17/h4-9H,3H2,1-2H3,(H,19,20). The molecule has 2 aromatic rings. The van der Waals surface area contributed by atoms with Gasteiger partial charge in [0.1, 0.15) is 11.6 Å². The summed E-state index contributed by atoms with van der Waals surface area (Å²) in [6.45, 7) is 4.31. The minimum Gasteiger partial charge on any atom is -0.492 e. The third-order valence-electron chi connectivity index (χ3n) is 2.88. The van der Waals surface area contributed by atoms with Gasteiger partial charge in [-0.2, -0.15) is 0 Å². The minimum atomic E-state index is -0.475. The van der Waals surface area contributed by atoms with Crippen molar-refractivity contribution in [3.05, 3.63) is 57.8 Å². The van der Waals surface area contributed by atoms with Gasteiger partial charge in [-0.05, 0) is 59.6 Å². The number of amides is 1. The van der Waals surface area contributed by atoms with Crippen molar-refractivity contribution >= 4 is 27.5 Å². The SMILES string of the molecule is CCOc1cc(C)ccc1NC(=O)c1cccc(F)c1Br. The first-order chi connectivity index (χ1) is 10.0. The van der Waals surface area contributed by atoms with Crippen LogP contribution in [0.25, 0.3) is 0 Å². The second kappa shape index (κ2) is 6.72. The molecule has 0 spiro atoms. The second-order valence-corrected chi connectivity index (χ2v) is 5.28. The van der Waals surface area contributed by atoms with Crippen molar-refractivity contribution < 1.29 is 13.9 Å². The number of hydrogen-bond donors (Lipinski definition) is 1. The molecule has 21 heavy (non-hydrogen) atoms. The Bertz CT molecular complexity index is 673. The highest BCUT2D eigenvalue weighted by atomic mass is 79.9. The van der Waals surface area contributed by atoms with Crippen LogP contribution < -0.4 is 10.1 Å². The summed E-state index contributed by atoms with van der Waals surface area (Å²) in [6.07, 6.45) is 0. The predicted octanol–water partition coefficient (Wildman–Crippen LogP) is 4.55. The van der Waals surface area contributed by atoms with E-state index in [2.05, 4.69) is 21.2 Å². The van der Waals surface area contributed by atoms with Crippen LogP contribution in [0.5, 0.6) is 5.75 Å². The van der Waals surface area contributed by atoms with Gasteiger partial charge in [-0.15, -0.1) is 0 Å². The molecule has 3 nitrogen and oxygen atoms in total. The van der Waals surface area contributed by atoms with Gasteiger partial charge >= 0.3 is 0 Å². The lowest BCUT2D eigenvalue weighted by atomic mass is 10.1. The molecule has 1 amide bonds. The molecule has 0 radical (unpaired) electrons. The number of benzene rings is 2. The maximum absolute atomic E-state index is 13.5. The minimum absolute atomic E-state index is 0.146. The van der Waals surface area contributed by atoms with Crippen LogP contribution >= 0.6 is 15.9 Å². The summed E-state index contributed by atoms with van der Waals surface area (Å²) in [5, 5.41) is 2.75. The Hall–Kier alpha value is -1.88. The molecule has 110 valence electrons. The number of aryl methyl sites for hydroxylation is 1. The lowest BCUT2D eigenvalue weighted by Crippen LogP contribution is -2.14. The van der Waals surface area contributed by atoms with Gasteiger partial charge in [0.15, 0.2) is 0 Å². The van der Waals surface area contributed by atoms with Gasteiger partial charge in [-0.1, -0.05) is 12.1 Å². The molecular weight excluding hydrogens is 337 g/mol. The zero-order chi connectivity index (χ0) is 15.4. The normalized spacial score (nSPS) is 10.3. The highest BCUT2D eigenvalue weighted by Crippen LogP contribution is 2.27. The number of nitrogens with one attached hydrogen (secondary N) is 1. The summed E-state index contributed by atoms with van der Waals surface area (Å²) in [7, 11) is 0. The summed E-state index contributed by atoms with van der Waals surface area (Å²) in [4.78, 5) is 12.3. The van der Waals surface area contributed by atoms with Gasteiger partial charge in [0.05, 0.1) is 22.3 Å². The van der Waals surface area contributed by atoms with Crippen molar-refractivity contribution in [2.45, 2.75) is 13.8 Å². The Labute approximate surface area is 131 Å². The van der Waals surface area contributed by atoms with E-state index in [0.29, 0.717) is 18.0 Å². The molecule has 2 rings (SSSR count). The molecule has 5 heteroatoms. The van der Waals surface area contributed by atoms with Gasteiger partial charge in [-0.3, -0.25) is 4.79 Å². The van der Waals surface area contributed by atoms with Crippen molar-refractivity contribution in [2.75, 3.05) is 11.9 Å². The number of ether oxygens (including phenoxy) is 1. The molecule has 0 bridgehead atoms. The average Bonchev–Trinajstić information content (AvgIpc) is 2.45. The van der Waals surface area contributed by atoms with E-state index in [0.717, 1.165) is 5.56 Å². The summed E-state index contributed by atoms with van der Waals surface area (Å²) >= 11 is 3.09. The predicted molar refractivity (Wildman–Crippen MR) is 84.4 cm³/mol. The van der Waals surface area contributed by atoms with Gasteiger partial charge in [0.25, 0.3) is 5.91 Å². The maximum atomic E-state index is 13.5. The first-order valence-corrected chi connectivity index (χ1v) is 7.31. The molecule has 0 aliphatic heterocycles. The van der Waals surface area contributed by atoms with Crippen LogP contribution in [0.15, 0.2) is 40.9 Å². The number of hydrogen-bond acceptors (Lipinski definition) is 2. The van der Waals surface area contributed by atoms with Gasteiger partial charge < -0.3 is 10.1 Å². The van der Waals surface area contributed by atoms with Crippen molar-refractivity contribution in [2.24, 2.45) is 0 Å². The summed E-state index contributed by atoms with van der Waals surface area (Å²) in [6, 6.07) is 9.83. The number of halogens is 2. The summed E-state index contributed by atoms with van der Waals surface area (Å²) in [5.74, 6) is -0.277. The molecule has 0 aromatic heterocycles. The summed E-state index contributed by atoms with van der Waals surface area (Å²) < 4.78 is 19.1. The zero-order valence-electron chi connectivity index (χ0n) is 11.7.